The first-order valence-electron chi connectivity index (χ1n) is 10.1. The smallest absolute Gasteiger partial charge is 0.416 e. The van der Waals surface area contributed by atoms with Crippen LogP contribution in [0.5, 0.6) is 0 Å². The van der Waals surface area contributed by atoms with Crippen molar-refractivity contribution in [1.82, 2.24) is 14.8 Å². The molecule has 2 aromatic heterocycles. The van der Waals surface area contributed by atoms with Crippen LogP contribution in [-0.2, 0) is 6.18 Å². The molecule has 1 aromatic carbocycles. The molecule has 3 rings (SSSR count). The fraction of sp³-hybridized carbons (Fsp3) is 0.409. The van der Waals surface area contributed by atoms with Gasteiger partial charge in [0.15, 0.2) is 5.65 Å². The lowest BCUT2D eigenvalue weighted by Gasteiger charge is -2.08. The largest absolute Gasteiger partial charge is 0.478 e. The topological polar surface area (TPSA) is 68.0 Å². The average molecular weight is 460 g/mol. The first-order chi connectivity index (χ1) is 14.6. The highest BCUT2D eigenvalue weighted by atomic mass is 35.5. The first-order valence-corrected chi connectivity index (χ1v) is 10.4. The number of rotatable bonds is 2. The van der Waals surface area contributed by atoms with Crippen molar-refractivity contribution in [2.24, 2.45) is 0 Å². The Hall–Kier alpha value is -2.61. The van der Waals surface area contributed by atoms with Crippen LogP contribution in [0.25, 0.3) is 16.7 Å². The monoisotopic (exact) mass is 459 g/mol. The summed E-state index contributed by atoms with van der Waals surface area (Å²) in [5.41, 5.74) is 0.0957. The summed E-state index contributed by atoms with van der Waals surface area (Å²) < 4.78 is 39.3. The number of aromatic carboxylic acids is 1. The van der Waals surface area contributed by atoms with Crippen LogP contribution in [0, 0.1) is 6.92 Å². The highest BCUT2D eigenvalue weighted by molar-refractivity contribution is 6.38. The van der Waals surface area contributed by atoms with Gasteiger partial charge in [-0.2, -0.15) is 18.3 Å². The van der Waals surface area contributed by atoms with Gasteiger partial charge in [0.2, 0.25) is 0 Å². The van der Waals surface area contributed by atoms with E-state index in [0.29, 0.717) is 16.8 Å². The van der Waals surface area contributed by atoms with Gasteiger partial charge in [0.25, 0.3) is 0 Å². The molecule has 3 aromatic rings. The molecule has 0 radical (unpaired) electrons. The summed E-state index contributed by atoms with van der Waals surface area (Å²) in [4.78, 5) is 15.2. The number of hydrogen-bond donors (Lipinski definition) is 1. The number of fused-ring (bicyclic) bond motifs is 1. The Morgan fingerprint density at radius 2 is 1.58 bits per heavy atom. The molecule has 0 amide bonds. The summed E-state index contributed by atoms with van der Waals surface area (Å²) >= 11 is 6.10. The van der Waals surface area contributed by atoms with Crippen molar-refractivity contribution in [2.45, 2.75) is 61.1 Å². The Morgan fingerprint density at radius 1 is 1.10 bits per heavy atom. The quantitative estimate of drug-likeness (QED) is 0.429. The molecule has 0 aliphatic carbocycles. The molecule has 0 saturated carbocycles. The zero-order valence-electron chi connectivity index (χ0n) is 18.8. The normalized spacial score (nSPS) is 10.2. The molecule has 9 heteroatoms. The summed E-state index contributed by atoms with van der Waals surface area (Å²) in [6, 6.07) is 4.39. The molecule has 0 bridgehead atoms. The number of aromatic nitrogens is 3. The van der Waals surface area contributed by atoms with Crippen LogP contribution in [0.1, 0.15) is 69.6 Å². The molecule has 0 aliphatic heterocycles. The minimum Gasteiger partial charge on any atom is -0.478 e. The van der Waals surface area contributed by atoms with Gasteiger partial charge >= 0.3 is 12.1 Å². The van der Waals surface area contributed by atoms with E-state index in [4.69, 9.17) is 16.7 Å². The second-order valence-electron chi connectivity index (χ2n) is 5.74. The molecule has 0 atom stereocenters. The number of carbonyl (C=O) groups is 1. The summed E-state index contributed by atoms with van der Waals surface area (Å²) in [7, 11) is 0. The molecule has 0 spiro atoms. The molecule has 31 heavy (non-hydrogen) atoms. The Bertz CT molecular complexity index is 969. The van der Waals surface area contributed by atoms with E-state index in [0.717, 1.165) is 18.3 Å². The number of carboxylic acid groups (broad SMARTS) is 1. The fourth-order valence-corrected chi connectivity index (χ4v) is 2.68. The van der Waals surface area contributed by atoms with E-state index in [1.165, 1.54) is 23.2 Å². The van der Waals surface area contributed by atoms with Crippen molar-refractivity contribution in [1.29, 1.82) is 0 Å². The second-order valence-corrected chi connectivity index (χ2v) is 6.12. The Labute approximate surface area is 185 Å². The molecule has 0 fully saturated rings. The summed E-state index contributed by atoms with van der Waals surface area (Å²) in [6.07, 6.45) is -2.09. The van der Waals surface area contributed by atoms with E-state index < -0.39 is 17.7 Å². The van der Waals surface area contributed by atoms with Crippen molar-refractivity contribution in [3.63, 3.8) is 0 Å². The number of alkyl halides is 3. The molecular formula is C22H29ClF3N3O2. The Balaban J connectivity index is 0.00000116. The Kier molecular flexibility index (Phi) is 11.9. The molecule has 1 N–H and O–H groups in total. The highest BCUT2D eigenvalue weighted by Gasteiger charge is 2.30. The summed E-state index contributed by atoms with van der Waals surface area (Å²) in [5.74, 6) is -1.23. The molecular weight excluding hydrogens is 431 g/mol. The van der Waals surface area contributed by atoms with Gasteiger partial charge in [-0.25, -0.2) is 14.5 Å². The SMILES string of the molecule is CC.CC.CCC.Cc1nn(-c2ccc(C(F)(F)F)cc2)c2ncc(C(=O)O)c(Cl)c12. The van der Waals surface area contributed by atoms with Gasteiger partial charge in [0, 0.05) is 6.20 Å². The van der Waals surface area contributed by atoms with Gasteiger partial charge in [-0.1, -0.05) is 59.6 Å². The van der Waals surface area contributed by atoms with Crippen molar-refractivity contribution >= 4 is 28.6 Å². The van der Waals surface area contributed by atoms with Crippen LogP contribution in [-0.4, -0.2) is 25.8 Å². The van der Waals surface area contributed by atoms with Crippen LogP contribution < -0.4 is 0 Å². The second kappa shape index (κ2) is 12.9. The zero-order chi connectivity index (χ0) is 24.4. The number of nitrogens with zero attached hydrogens (tertiary/aromatic N) is 3. The third kappa shape index (κ3) is 6.95. The van der Waals surface area contributed by atoms with Crippen LogP contribution in [0.15, 0.2) is 30.5 Å². The van der Waals surface area contributed by atoms with Gasteiger partial charge in [-0.15, -0.1) is 0 Å². The van der Waals surface area contributed by atoms with Gasteiger partial charge in [-0.05, 0) is 31.2 Å². The first kappa shape index (κ1) is 28.4. The van der Waals surface area contributed by atoms with Gasteiger partial charge < -0.3 is 5.11 Å². The average Bonchev–Trinajstić information content (AvgIpc) is 3.08. The Morgan fingerprint density at radius 3 is 2.00 bits per heavy atom. The number of pyridine rings is 1. The van der Waals surface area contributed by atoms with Crippen LogP contribution in [0.2, 0.25) is 5.02 Å². The standard InChI is InChI=1S/C15H9ClF3N3O2.C3H8.2C2H6/c1-7-11-12(16)10(14(23)24)6-20-13(11)22(21-7)9-4-2-8(3-5-9)15(17,18)19;1-3-2;2*1-2/h2-6H,1H3,(H,23,24);3H2,1-2H3;2*1-2H3. The maximum atomic E-state index is 12.6. The lowest BCUT2D eigenvalue weighted by Crippen LogP contribution is -2.05. The number of aryl methyl sites for hydroxylation is 1. The number of halogens is 4. The molecule has 172 valence electrons. The zero-order valence-corrected chi connectivity index (χ0v) is 19.6. The third-order valence-corrected chi connectivity index (χ3v) is 3.87. The lowest BCUT2D eigenvalue weighted by atomic mass is 10.2. The van der Waals surface area contributed by atoms with E-state index >= 15 is 0 Å². The lowest BCUT2D eigenvalue weighted by molar-refractivity contribution is -0.137. The summed E-state index contributed by atoms with van der Waals surface area (Å²) in [6.45, 7) is 13.9. The van der Waals surface area contributed by atoms with Crippen LogP contribution >= 0.6 is 11.6 Å². The minimum atomic E-state index is -4.43. The van der Waals surface area contributed by atoms with Gasteiger partial charge in [0.1, 0.15) is 0 Å². The molecule has 2 heterocycles. The third-order valence-electron chi connectivity index (χ3n) is 3.48. The van der Waals surface area contributed by atoms with E-state index in [-0.39, 0.29) is 16.2 Å². The van der Waals surface area contributed by atoms with Crippen molar-refractivity contribution < 1.29 is 23.1 Å². The predicted octanol–water partition coefficient (Wildman–Crippen LogP) is 7.57. The van der Waals surface area contributed by atoms with Gasteiger partial charge in [-0.3, -0.25) is 0 Å². The molecule has 0 saturated heterocycles. The minimum absolute atomic E-state index is 0.0110. The van der Waals surface area contributed by atoms with E-state index in [1.54, 1.807) is 6.92 Å². The highest BCUT2D eigenvalue weighted by Crippen LogP contribution is 2.32. The van der Waals surface area contributed by atoms with Crippen LogP contribution in [0.4, 0.5) is 13.2 Å². The van der Waals surface area contributed by atoms with Gasteiger partial charge in [0.05, 0.1) is 32.9 Å². The molecule has 0 unspecified atom stereocenters. The number of carboxylic acids is 1. The van der Waals surface area contributed by atoms with Crippen molar-refractivity contribution in [3.8, 4) is 5.69 Å². The van der Waals surface area contributed by atoms with Crippen molar-refractivity contribution in [3.05, 3.63) is 52.3 Å². The van der Waals surface area contributed by atoms with E-state index in [2.05, 4.69) is 23.9 Å². The van der Waals surface area contributed by atoms with E-state index in [9.17, 15) is 18.0 Å². The van der Waals surface area contributed by atoms with Crippen LogP contribution in [0.3, 0.4) is 0 Å². The predicted molar refractivity (Wildman–Crippen MR) is 119 cm³/mol. The number of benzene rings is 1. The maximum Gasteiger partial charge on any atom is 0.416 e. The van der Waals surface area contributed by atoms with E-state index in [1.807, 2.05) is 27.7 Å². The van der Waals surface area contributed by atoms with Crippen molar-refractivity contribution in [2.75, 3.05) is 0 Å². The molecule has 5 nitrogen and oxygen atoms in total. The molecule has 0 aliphatic rings. The number of hydrogen-bond acceptors (Lipinski definition) is 3. The summed E-state index contributed by atoms with van der Waals surface area (Å²) in [5, 5.41) is 13.6. The fourth-order valence-electron chi connectivity index (χ4n) is 2.33. The maximum absolute atomic E-state index is 12.6.